The van der Waals surface area contributed by atoms with Crippen molar-refractivity contribution in [3.63, 3.8) is 0 Å². The largest absolute Gasteiger partial charge is 0.487 e. The highest BCUT2D eigenvalue weighted by molar-refractivity contribution is 14.1. The summed E-state index contributed by atoms with van der Waals surface area (Å²) in [5.74, 6) is 0.0879. The van der Waals surface area contributed by atoms with Crippen molar-refractivity contribution in [3.8, 4) is 11.8 Å². The summed E-state index contributed by atoms with van der Waals surface area (Å²) in [6, 6.07) is 17.9. The van der Waals surface area contributed by atoms with Crippen LogP contribution in [0.5, 0.6) is 5.75 Å². The molecule has 9 heteroatoms. The molecule has 0 saturated carbocycles. The van der Waals surface area contributed by atoms with Gasteiger partial charge in [-0.1, -0.05) is 35.9 Å². The van der Waals surface area contributed by atoms with Crippen LogP contribution in [-0.4, -0.2) is 10.8 Å². The number of carbonyl (C=O) groups excluding carboxylic acids is 1. The number of hydrogen-bond acceptors (Lipinski definition) is 5. The van der Waals surface area contributed by atoms with Gasteiger partial charge in [0.05, 0.1) is 17.8 Å². The number of nitro benzene ring substituents is 1. The Hall–Kier alpha value is -2.98. The van der Waals surface area contributed by atoms with Crippen LogP contribution in [-0.2, 0) is 11.4 Å². The van der Waals surface area contributed by atoms with Crippen LogP contribution in [0.15, 0.2) is 60.2 Å². The lowest BCUT2D eigenvalue weighted by atomic mass is 10.1. The van der Waals surface area contributed by atoms with E-state index in [9.17, 15) is 20.2 Å². The predicted molar refractivity (Wildman–Crippen MR) is 147 cm³/mol. The van der Waals surface area contributed by atoms with E-state index in [0.717, 1.165) is 18.5 Å². The molecule has 0 heterocycles. The summed E-state index contributed by atoms with van der Waals surface area (Å²) in [6.45, 7) is 4.18. The maximum absolute atomic E-state index is 12.7. The summed E-state index contributed by atoms with van der Waals surface area (Å²) < 4.78 is 7.70. The lowest BCUT2D eigenvalue weighted by Gasteiger charge is -2.12. The summed E-state index contributed by atoms with van der Waals surface area (Å²) >= 11 is 4.32. The SMILES string of the molecule is Cc1ccc(COc2c(I)cc(/C=C(\C#N)C(=O)Nc3cc([N+](=O)[O-])ccc3C)cc2I)cc1. The maximum atomic E-state index is 12.7. The second kappa shape index (κ2) is 11.4. The number of rotatable bonds is 7. The Morgan fingerprint density at radius 3 is 2.35 bits per heavy atom. The molecule has 34 heavy (non-hydrogen) atoms. The van der Waals surface area contributed by atoms with E-state index >= 15 is 0 Å². The number of benzene rings is 3. The number of aryl methyl sites for hydroxylation is 2. The molecule has 0 aliphatic rings. The highest BCUT2D eigenvalue weighted by atomic mass is 127. The van der Waals surface area contributed by atoms with Gasteiger partial charge in [0.2, 0.25) is 0 Å². The Kier molecular flexibility index (Phi) is 8.62. The molecule has 0 spiro atoms. The van der Waals surface area contributed by atoms with Gasteiger partial charge >= 0.3 is 0 Å². The van der Waals surface area contributed by atoms with Crippen LogP contribution in [0.4, 0.5) is 11.4 Å². The molecular formula is C25H19I2N3O4. The summed E-state index contributed by atoms with van der Waals surface area (Å²) in [6.07, 6.45) is 1.48. The van der Waals surface area contributed by atoms with E-state index in [0.29, 0.717) is 17.7 Å². The molecule has 0 aromatic heterocycles. The van der Waals surface area contributed by atoms with Gasteiger partial charge in [-0.25, -0.2) is 0 Å². The Morgan fingerprint density at radius 2 is 1.76 bits per heavy atom. The molecule has 3 rings (SSSR count). The van der Waals surface area contributed by atoms with Gasteiger partial charge in [0.15, 0.2) is 0 Å². The van der Waals surface area contributed by atoms with E-state index in [2.05, 4.69) is 50.5 Å². The first-order chi connectivity index (χ1) is 16.2. The van der Waals surface area contributed by atoms with Crippen molar-refractivity contribution in [2.45, 2.75) is 20.5 Å². The Labute approximate surface area is 224 Å². The van der Waals surface area contributed by atoms with Crippen molar-refractivity contribution < 1.29 is 14.5 Å². The summed E-state index contributed by atoms with van der Waals surface area (Å²) in [5, 5.41) is 23.2. The standard InChI is InChI=1S/C25H19I2N3O4/c1-15-3-6-17(7-4-15)14-34-24-21(26)10-18(11-22(24)27)9-19(13-28)25(31)29-23-12-20(30(32)33)8-5-16(23)2/h3-12H,14H2,1-2H3,(H,29,31)/b19-9+. The number of nitrogens with zero attached hydrogens (tertiary/aromatic N) is 2. The molecule has 0 radical (unpaired) electrons. The van der Waals surface area contributed by atoms with E-state index < -0.39 is 10.8 Å². The zero-order valence-electron chi connectivity index (χ0n) is 18.3. The molecular weight excluding hydrogens is 660 g/mol. The summed E-state index contributed by atoms with van der Waals surface area (Å²) in [4.78, 5) is 23.2. The van der Waals surface area contributed by atoms with Crippen LogP contribution >= 0.6 is 45.2 Å². The lowest BCUT2D eigenvalue weighted by Crippen LogP contribution is -2.14. The van der Waals surface area contributed by atoms with E-state index in [1.807, 2.05) is 49.4 Å². The quantitative estimate of drug-likeness (QED) is 0.100. The van der Waals surface area contributed by atoms with Crippen LogP contribution in [0, 0.1) is 42.4 Å². The van der Waals surface area contributed by atoms with Crippen molar-refractivity contribution in [2.75, 3.05) is 5.32 Å². The van der Waals surface area contributed by atoms with Gasteiger partial charge < -0.3 is 10.1 Å². The van der Waals surface area contributed by atoms with Gasteiger partial charge in [0.1, 0.15) is 24.0 Å². The van der Waals surface area contributed by atoms with Gasteiger partial charge in [0, 0.05) is 12.1 Å². The number of non-ortho nitro benzene ring substituents is 1. The van der Waals surface area contributed by atoms with Gasteiger partial charge in [-0.05, 0) is 93.9 Å². The monoisotopic (exact) mass is 679 g/mol. The number of amides is 1. The van der Waals surface area contributed by atoms with Crippen molar-refractivity contribution in [1.29, 1.82) is 5.26 Å². The third-order valence-corrected chi connectivity index (χ3v) is 6.48. The Morgan fingerprint density at radius 1 is 1.12 bits per heavy atom. The van der Waals surface area contributed by atoms with E-state index in [1.165, 1.54) is 23.8 Å². The number of halogens is 2. The number of carbonyl (C=O) groups is 1. The zero-order chi connectivity index (χ0) is 24.8. The molecule has 7 nitrogen and oxygen atoms in total. The third kappa shape index (κ3) is 6.54. The fraction of sp³-hybridized carbons (Fsp3) is 0.120. The number of nitro groups is 1. The zero-order valence-corrected chi connectivity index (χ0v) is 22.6. The molecule has 1 N–H and O–H groups in total. The van der Waals surface area contributed by atoms with Crippen molar-refractivity contribution in [2.24, 2.45) is 0 Å². The van der Waals surface area contributed by atoms with Gasteiger partial charge in [-0.3, -0.25) is 14.9 Å². The molecule has 1 amide bonds. The van der Waals surface area contributed by atoms with Crippen molar-refractivity contribution >= 4 is 68.5 Å². The highest BCUT2D eigenvalue weighted by Crippen LogP contribution is 2.31. The molecule has 172 valence electrons. The highest BCUT2D eigenvalue weighted by Gasteiger charge is 2.15. The topological polar surface area (TPSA) is 105 Å². The average Bonchev–Trinajstić information content (AvgIpc) is 2.79. The molecule has 0 fully saturated rings. The van der Waals surface area contributed by atoms with Crippen LogP contribution in [0.3, 0.4) is 0 Å². The van der Waals surface area contributed by atoms with E-state index in [-0.39, 0.29) is 16.9 Å². The van der Waals surface area contributed by atoms with Gasteiger partial charge in [0.25, 0.3) is 11.6 Å². The molecule has 0 bridgehead atoms. The van der Waals surface area contributed by atoms with Gasteiger partial charge in [-0.15, -0.1) is 0 Å². The minimum Gasteiger partial charge on any atom is -0.487 e. The fourth-order valence-corrected chi connectivity index (χ4v) is 5.13. The Bertz CT molecular complexity index is 1310. The van der Waals surface area contributed by atoms with Crippen LogP contribution < -0.4 is 10.1 Å². The first-order valence-corrected chi connectivity index (χ1v) is 12.2. The van der Waals surface area contributed by atoms with Crippen molar-refractivity contribution in [3.05, 3.63) is 99.7 Å². The van der Waals surface area contributed by atoms with Crippen LogP contribution in [0.2, 0.25) is 0 Å². The summed E-state index contributed by atoms with van der Waals surface area (Å²) in [5.41, 5.74) is 3.57. The van der Waals surface area contributed by atoms with Gasteiger partial charge in [-0.2, -0.15) is 5.26 Å². The smallest absolute Gasteiger partial charge is 0.271 e. The first kappa shape index (κ1) is 25.6. The fourth-order valence-electron chi connectivity index (χ4n) is 3.00. The maximum Gasteiger partial charge on any atom is 0.271 e. The number of hydrogen-bond donors (Lipinski definition) is 1. The van der Waals surface area contributed by atoms with E-state index in [1.54, 1.807) is 13.0 Å². The lowest BCUT2D eigenvalue weighted by molar-refractivity contribution is -0.384. The second-order valence-corrected chi connectivity index (χ2v) is 9.79. The number of nitriles is 1. The minimum atomic E-state index is -0.643. The molecule has 0 atom stereocenters. The molecule has 0 aliphatic heterocycles. The van der Waals surface area contributed by atoms with E-state index in [4.69, 9.17) is 4.74 Å². The second-order valence-electron chi connectivity index (χ2n) is 7.47. The Balaban J connectivity index is 1.79. The molecule has 0 saturated heterocycles. The molecule has 0 aliphatic carbocycles. The first-order valence-electron chi connectivity index (χ1n) is 10.0. The molecule has 3 aromatic carbocycles. The molecule has 0 unspecified atom stereocenters. The normalized spacial score (nSPS) is 11.0. The third-order valence-electron chi connectivity index (χ3n) is 4.88. The molecule has 3 aromatic rings. The average molecular weight is 679 g/mol. The van der Waals surface area contributed by atoms with Crippen LogP contribution in [0.25, 0.3) is 6.08 Å². The van der Waals surface area contributed by atoms with Crippen LogP contribution in [0.1, 0.15) is 22.3 Å². The van der Waals surface area contributed by atoms with Crippen molar-refractivity contribution in [1.82, 2.24) is 0 Å². The summed E-state index contributed by atoms with van der Waals surface area (Å²) in [7, 11) is 0. The minimum absolute atomic E-state index is 0.120. The predicted octanol–water partition coefficient (Wildman–Crippen LogP) is 6.55. The number of nitrogens with one attached hydrogen (secondary N) is 1. The number of anilines is 1. The number of ether oxygens (including phenoxy) is 1.